The molecule has 0 aliphatic carbocycles. The van der Waals surface area contributed by atoms with Crippen LogP contribution in [-0.4, -0.2) is 18.0 Å². The van der Waals surface area contributed by atoms with Gasteiger partial charge in [-0.2, -0.15) is 0 Å². The lowest BCUT2D eigenvalue weighted by molar-refractivity contribution is 0.177. The van der Waals surface area contributed by atoms with Crippen molar-refractivity contribution in [3.8, 4) is 11.1 Å². The molecule has 0 unspecified atom stereocenters. The standard InChI is InChI=1S/C25H26N/c1-3-9-22(10-4-1)20-26-17-15-21(16-18-26)19-24-13-7-8-14-25(24)23-11-5-2-6-12-23/h1-5,7-14,21H,15-20H2. The molecule has 0 bridgehead atoms. The lowest BCUT2D eigenvalue weighted by Crippen LogP contribution is -2.33. The number of nitrogens with zero attached hydrogens (tertiary/aromatic N) is 1. The van der Waals surface area contributed by atoms with E-state index in [4.69, 9.17) is 0 Å². The molecule has 1 aliphatic rings. The Bertz CT molecular complexity index is 802. The van der Waals surface area contributed by atoms with Gasteiger partial charge in [-0.3, -0.25) is 4.90 Å². The zero-order chi connectivity index (χ0) is 17.6. The van der Waals surface area contributed by atoms with E-state index in [-0.39, 0.29) is 0 Å². The minimum atomic E-state index is 0.788. The summed E-state index contributed by atoms with van der Waals surface area (Å²) in [6, 6.07) is 31.3. The Hall–Kier alpha value is -2.38. The second-order valence-corrected chi connectivity index (χ2v) is 7.36. The van der Waals surface area contributed by atoms with E-state index in [1.54, 1.807) is 0 Å². The average Bonchev–Trinajstić information content (AvgIpc) is 2.71. The molecule has 0 N–H and O–H groups in total. The first-order valence-electron chi connectivity index (χ1n) is 9.69. The minimum absolute atomic E-state index is 0.788. The molecule has 0 atom stereocenters. The van der Waals surface area contributed by atoms with E-state index in [0.717, 1.165) is 12.5 Å². The van der Waals surface area contributed by atoms with Crippen LogP contribution in [0.15, 0.2) is 78.9 Å². The van der Waals surface area contributed by atoms with Crippen molar-refractivity contribution in [2.24, 2.45) is 5.92 Å². The number of hydrogen-bond acceptors (Lipinski definition) is 1. The molecular weight excluding hydrogens is 314 g/mol. The average molecular weight is 340 g/mol. The molecule has 0 aromatic heterocycles. The molecule has 0 amide bonds. The molecule has 1 heterocycles. The van der Waals surface area contributed by atoms with Crippen molar-refractivity contribution >= 4 is 0 Å². The van der Waals surface area contributed by atoms with Crippen molar-refractivity contribution in [3.63, 3.8) is 0 Å². The Kier molecular flexibility index (Phi) is 5.47. The van der Waals surface area contributed by atoms with Crippen LogP contribution in [0, 0.1) is 12.0 Å². The number of rotatable bonds is 5. The van der Waals surface area contributed by atoms with Gasteiger partial charge in [0.15, 0.2) is 0 Å². The second kappa shape index (κ2) is 8.33. The van der Waals surface area contributed by atoms with Crippen LogP contribution in [0.5, 0.6) is 0 Å². The Labute approximate surface area is 157 Å². The lowest BCUT2D eigenvalue weighted by Gasteiger charge is -2.32. The molecule has 1 nitrogen and oxygen atoms in total. The van der Waals surface area contributed by atoms with E-state index in [1.807, 2.05) is 6.07 Å². The summed E-state index contributed by atoms with van der Waals surface area (Å²) < 4.78 is 0. The van der Waals surface area contributed by atoms with Gasteiger partial charge in [0.2, 0.25) is 0 Å². The summed E-state index contributed by atoms with van der Waals surface area (Å²) in [5.41, 5.74) is 5.56. The monoisotopic (exact) mass is 340 g/mol. The Morgan fingerprint density at radius 3 is 2.38 bits per heavy atom. The zero-order valence-electron chi connectivity index (χ0n) is 15.3. The number of benzene rings is 3. The molecule has 1 radical (unpaired) electrons. The van der Waals surface area contributed by atoms with Gasteiger partial charge in [-0.05, 0) is 72.7 Å². The first kappa shape index (κ1) is 17.1. The van der Waals surface area contributed by atoms with Crippen LogP contribution < -0.4 is 0 Å². The fourth-order valence-electron chi connectivity index (χ4n) is 4.04. The summed E-state index contributed by atoms with van der Waals surface area (Å²) in [4.78, 5) is 2.60. The van der Waals surface area contributed by atoms with Crippen molar-refractivity contribution in [1.82, 2.24) is 4.90 Å². The largest absolute Gasteiger partial charge is 0.299 e. The normalized spacial score (nSPS) is 15.8. The van der Waals surface area contributed by atoms with Crippen LogP contribution >= 0.6 is 0 Å². The Morgan fingerprint density at radius 1 is 0.846 bits per heavy atom. The Balaban J connectivity index is 1.38. The molecule has 26 heavy (non-hydrogen) atoms. The molecule has 1 saturated heterocycles. The summed E-state index contributed by atoms with van der Waals surface area (Å²) in [5.74, 6) is 0.788. The molecule has 0 spiro atoms. The van der Waals surface area contributed by atoms with Gasteiger partial charge in [0.25, 0.3) is 0 Å². The van der Waals surface area contributed by atoms with E-state index in [0.29, 0.717) is 0 Å². The van der Waals surface area contributed by atoms with Crippen LogP contribution in [0.4, 0.5) is 0 Å². The number of hydrogen-bond donors (Lipinski definition) is 0. The van der Waals surface area contributed by atoms with Crippen LogP contribution in [-0.2, 0) is 13.0 Å². The maximum absolute atomic E-state index is 3.21. The molecular formula is C25H26N. The SMILES string of the molecule is [c]1cccc(-c2ccccc2CC2CCN(Cc3ccccc3)CC2)c1. The van der Waals surface area contributed by atoms with E-state index in [1.165, 1.54) is 54.6 Å². The van der Waals surface area contributed by atoms with E-state index in [2.05, 4.69) is 83.8 Å². The fraction of sp³-hybridized carbons (Fsp3) is 0.280. The summed E-state index contributed by atoms with van der Waals surface area (Å²) >= 11 is 0. The molecule has 131 valence electrons. The van der Waals surface area contributed by atoms with E-state index >= 15 is 0 Å². The van der Waals surface area contributed by atoms with E-state index < -0.39 is 0 Å². The minimum Gasteiger partial charge on any atom is -0.299 e. The van der Waals surface area contributed by atoms with Crippen LogP contribution in [0.25, 0.3) is 11.1 Å². The summed E-state index contributed by atoms with van der Waals surface area (Å²) in [7, 11) is 0. The maximum Gasteiger partial charge on any atom is 0.0233 e. The zero-order valence-corrected chi connectivity index (χ0v) is 15.3. The highest BCUT2D eigenvalue weighted by Gasteiger charge is 2.20. The predicted molar refractivity (Wildman–Crippen MR) is 109 cm³/mol. The van der Waals surface area contributed by atoms with Crippen molar-refractivity contribution in [2.45, 2.75) is 25.8 Å². The van der Waals surface area contributed by atoms with Crippen LogP contribution in [0.1, 0.15) is 24.0 Å². The summed E-state index contributed by atoms with van der Waals surface area (Å²) in [6.45, 7) is 3.51. The smallest absolute Gasteiger partial charge is 0.0233 e. The highest BCUT2D eigenvalue weighted by Crippen LogP contribution is 2.29. The van der Waals surface area contributed by atoms with Crippen molar-refractivity contribution in [1.29, 1.82) is 0 Å². The van der Waals surface area contributed by atoms with Gasteiger partial charge in [-0.25, -0.2) is 0 Å². The van der Waals surface area contributed by atoms with Gasteiger partial charge in [-0.1, -0.05) is 72.8 Å². The second-order valence-electron chi connectivity index (χ2n) is 7.36. The van der Waals surface area contributed by atoms with Gasteiger partial charge in [0.05, 0.1) is 0 Å². The molecule has 1 fully saturated rings. The summed E-state index contributed by atoms with van der Waals surface area (Å²) in [5, 5.41) is 0. The Morgan fingerprint density at radius 2 is 1.62 bits per heavy atom. The van der Waals surface area contributed by atoms with Gasteiger partial charge >= 0.3 is 0 Å². The van der Waals surface area contributed by atoms with Crippen molar-refractivity contribution in [2.75, 3.05) is 13.1 Å². The highest BCUT2D eigenvalue weighted by atomic mass is 15.1. The van der Waals surface area contributed by atoms with Crippen LogP contribution in [0.2, 0.25) is 0 Å². The fourth-order valence-corrected chi connectivity index (χ4v) is 4.04. The highest BCUT2D eigenvalue weighted by molar-refractivity contribution is 5.67. The maximum atomic E-state index is 3.21. The first-order valence-corrected chi connectivity index (χ1v) is 9.69. The molecule has 3 aromatic carbocycles. The molecule has 1 aliphatic heterocycles. The number of likely N-dealkylation sites (tertiary alicyclic amines) is 1. The van der Waals surface area contributed by atoms with E-state index in [9.17, 15) is 0 Å². The van der Waals surface area contributed by atoms with Crippen molar-refractivity contribution < 1.29 is 0 Å². The van der Waals surface area contributed by atoms with Gasteiger partial charge in [0, 0.05) is 6.54 Å². The lowest BCUT2D eigenvalue weighted by atomic mass is 9.87. The third kappa shape index (κ3) is 4.23. The molecule has 4 rings (SSSR count). The third-order valence-electron chi connectivity index (χ3n) is 5.50. The van der Waals surface area contributed by atoms with Crippen molar-refractivity contribution in [3.05, 3.63) is 96.1 Å². The number of piperidine rings is 1. The predicted octanol–water partition coefficient (Wildman–Crippen LogP) is 5.61. The van der Waals surface area contributed by atoms with Crippen LogP contribution in [0.3, 0.4) is 0 Å². The quantitative estimate of drug-likeness (QED) is 0.583. The topological polar surface area (TPSA) is 3.24 Å². The molecule has 1 heteroatoms. The molecule has 3 aromatic rings. The van der Waals surface area contributed by atoms with Gasteiger partial charge in [0.1, 0.15) is 0 Å². The van der Waals surface area contributed by atoms with Gasteiger partial charge < -0.3 is 0 Å². The molecule has 0 saturated carbocycles. The van der Waals surface area contributed by atoms with Gasteiger partial charge in [-0.15, -0.1) is 0 Å². The third-order valence-corrected chi connectivity index (χ3v) is 5.50. The summed E-state index contributed by atoms with van der Waals surface area (Å²) in [6.07, 6.45) is 3.77. The first-order chi connectivity index (χ1) is 12.9.